The van der Waals surface area contributed by atoms with E-state index in [1.54, 1.807) is 0 Å². The number of amides is 1. The fraction of sp³-hybridized carbons (Fsp3) is 0.533. The lowest BCUT2D eigenvalue weighted by Crippen LogP contribution is -2.37. The van der Waals surface area contributed by atoms with E-state index >= 15 is 0 Å². The van der Waals surface area contributed by atoms with E-state index in [0.717, 1.165) is 29.0 Å². The number of aliphatic hydroxyl groups excluding tert-OH is 1. The molecule has 0 saturated heterocycles. The number of hydrogen-bond acceptors (Lipinski definition) is 5. The first-order valence-electron chi connectivity index (χ1n) is 7.14. The topological polar surface area (TPSA) is 93.8 Å². The minimum atomic E-state index is -1.19. The number of fused-ring (bicyclic) bond motifs is 1. The van der Waals surface area contributed by atoms with Gasteiger partial charge in [0.1, 0.15) is 23.7 Å². The van der Waals surface area contributed by atoms with Crippen LogP contribution in [0, 0.1) is 0 Å². The van der Waals surface area contributed by atoms with Crippen molar-refractivity contribution in [2.75, 3.05) is 13.2 Å². The van der Waals surface area contributed by atoms with Crippen LogP contribution in [-0.4, -0.2) is 36.4 Å². The highest BCUT2D eigenvalue weighted by Gasteiger charge is 2.22. The van der Waals surface area contributed by atoms with Crippen LogP contribution in [0.25, 0.3) is 0 Å². The van der Waals surface area contributed by atoms with Crippen molar-refractivity contribution in [2.24, 2.45) is 5.73 Å². The van der Waals surface area contributed by atoms with Gasteiger partial charge in [-0.05, 0) is 26.0 Å². The van der Waals surface area contributed by atoms with Crippen molar-refractivity contribution in [1.82, 2.24) is 5.32 Å². The van der Waals surface area contributed by atoms with Crippen LogP contribution in [0.2, 0.25) is 0 Å². The maximum atomic E-state index is 10.8. The van der Waals surface area contributed by atoms with E-state index in [9.17, 15) is 9.90 Å². The van der Waals surface area contributed by atoms with Gasteiger partial charge in [-0.2, -0.15) is 0 Å². The minimum absolute atomic E-state index is 0.106. The molecule has 0 aliphatic carbocycles. The van der Waals surface area contributed by atoms with Crippen LogP contribution < -0.4 is 20.5 Å². The smallest absolute Gasteiger partial charge is 0.247 e. The molecule has 0 spiro atoms. The van der Waals surface area contributed by atoms with Gasteiger partial charge in [-0.1, -0.05) is 0 Å². The normalized spacial score (nSPS) is 18.0. The van der Waals surface area contributed by atoms with E-state index in [1.807, 2.05) is 26.0 Å². The molecule has 1 aliphatic rings. The molecule has 0 fully saturated rings. The molecule has 2 atom stereocenters. The Hall–Kier alpha value is -1.79. The number of carbonyl (C=O) groups is 1. The first kappa shape index (κ1) is 15.6. The van der Waals surface area contributed by atoms with Crippen LogP contribution in [0.15, 0.2) is 12.1 Å². The molecule has 1 heterocycles. The van der Waals surface area contributed by atoms with Crippen molar-refractivity contribution in [2.45, 2.75) is 39.0 Å². The molecule has 6 nitrogen and oxygen atoms in total. The van der Waals surface area contributed by atoms with Gasteiger partial charge in [0.25, 0.3) is 0 Å². The molecule has 1 aromatic rings. The fourth-order valence-corrected chi connectivity index (χ4v) is 2.35. The van der Waals surface area contributed by atoms with E-state index in [1.165, 1.54) is 0 Å². The highest BCUT2D eigenvalue weighted by molar-refractivity contribution is 5.78. The molecule has 2 rings (SSSR count). The van der Waals surface area contributed by atoms with Crippen molar-refractivity contribution >= 4 is 5.91 Å². The van der Waals surface area contributed by atoms with Crippen LogP contribution in [0.5, 0.6) is 11.5 Å². The van der Waals surface area contributed by atoms with E-state index in [4.69, 9.17) is 15.2 Å². The van der Waals surface area contributed by atoms with Crippen LogP contribution in [0.4, 0.5) is 0 Å². The zero-order valence-electron chi connectivity index (χ0n) is 12.4. The lowest BCUT2D eigenvalue weighted by molar-refractivity contribution is -0.125. The summed E-state index contributed by atoms with van der Waals surface area (Å²) in [6.45, 7) is 5.11. The highest BCUT2D eigenvalue weighted by Crippen LogP contribution is 2.35. The fourth-order valence-electron chi connectivity index (χ4n) is 2.35. The summed E-state index contributed by atoms with van der Waals surface area (Å²) in [5, 5.41) is 12.4. The quantitative estimate of drug-likeness (QED) is 0.674. The standard InChI is InChI=1S/C15H22N2O4/c1-3-20-13-5-10-4-9(2)21-14(10)6-11(13)7-17-8-12(18)15(16)19/h5-6,9,12,17-18H,3-4,7-8H2,1-2H3,(H2,16,19). The van der Waals surface area contributed by atoms with Gasteiger partial charge < -0.3 is 25.6 Å². The molecule has 0 radical (unpaired) electrons. The molecule has 0 aromatic heterocycles. The van der Waals surface area contributed by atoms with Crippen molar-refractivity contribution in [1.29, 1.82) is 0 Å². The lowest BCUT2D eigenvalue weighted by atomic mass is 10.1. The highest BCUT2D eigenvalue weighted by atomic mass is 16.5. The van der Waals surface area contributed by atoms with Crippen molar-refractivity contribution < 1.29 is 19.4 Å². The molecule has 6 heteroatoms. The predicted molar refractivity (Wildman–Crippen MR) is 78.3 cm³/mol. The zero-order valence-corrected chi connectivity index (χ0v) is 12.4. The SMILES string of the molecule is CCOc1cc2c(cc1CNCC(O)C(N)=O)OC(C)C2. The Bertz CT molecular complexity index is 519. The first-order valence-corrected chi connectivity index (χ1v) is 7.14. The molecular weight excluding hydrogens is 272 g/mol. The van der Waals surface area contributed by atoms with Gasteiger partial charge in [0.2, 0.25) is 5.91 Å². The summed E-state index contributed by atoms with van der Waals surface area (Å²) >= 11 is 0. The second-order valence-electron chi connectivity index (χ2n) is 5.18. The number of primary amides is 1. The molecule has 116 valence electrons. The second kappa shape index (κ2) is 6.78. The Morgan fingerprint density at radius 3 is 3.05 bits per heavy atom. The molecule has 0 saturated carbocycles. The zero-order chi connectivity index (χ0) is 15.4. The molecule has 0 bridgehead atoms. The summed E-state index contributed by atoms with van der Waals surface area (Å²) in [5.74, 6) is 0.937. The van der Waals surface area contributed by atoms with Gasteiger partial charge in [0.05, 0.1) is 6.61 Å². The third-order valence-electron chi connectivity index (χ3n) is 3.36. The van der Waals surface area contributed by atoms with Gasteiger partial charge in [0.15, 0.2) is 0 Å². The molecule has 21 heavy (non-hydrogen) atoms. The Morgan fingerprint density at radius 1 is 1.62 bits per heavy atom. The van der Waals surface area contributed by atoms with E-state index in [0.29, 0.717) is 13.2 Å². The average molecular weight is 294 g/mol. The second-order valence-corrected chi connectivity index (χ2v) is 5.18. The number of nitrogens with one attached hydrogen (secondary N) is 1. The number of ether oxygens (including phenoxy) is 2. The Labute approximate surface area is 124 Å². The third-order valence-corrected chi connectivity index (χ3v) is 3.36. The number of carbonyl (C=O) groups excluding carboxylic acids is 1. The van der Waals surface area contributed by atoms with E-state index < -0.39 is 12.0 Å². The Morgan fingerprint density at radius 2 is 2.38 bits per heavy atom. The Balaban J connectivity index is 2.07. The van der Waals surface area contributed by atoms with Crippen molar-refractivity contribution in [3.8, 4) is 11.5 Å². The van der Waals surface area contributed by atoms with Crippen molar-refractivity contribution in [3.05, 3.63) is 23.3 Å². The summed E-state index contributed by atoms with van der Waals surface area (Å²) < 4.78 is 11.4. The maximum absolute atomic E-state index is 10.8. The summed E-state index contributed by atoms with van der Waals surface area (Å²) in [5.41, 5.74) is 7.09. The first-order chi connectivity index (χ1) is 10.0. The summed E-state index contributed by atoms with van der Waals surface area (Å²) in [6, 6.07) is 3.96. The number of rotatable bonds is 7. The lowest BCUT2D eigenvalue weighted by Gasteiger charge is -2.14. The molecule has 4 N–H and O–H groups in total. The van der Waals surface area contributed by atoms with E-state index in [2.05, 4.69) is 5.32 Å². The molecule has 1 aliphatic heterocycles. The monoisotopic (exact) mass is 294 g/mol. The maximum Gasteiger partial charge on any atom is 0.247 e. The number of benzene rings is 1. The van der Waals surface area contributed by atoms with Gasteiger partial charge in [-0.15, -0.1) is 0 Å². The van der Waals surface area contributed by atoms with Gasteiger partial charge in [-0.25, -0.2) is 0 Å². The van der Waals surface area contributed by atoms with Crippen LogP contribution in [0.3, 0.4) is 0 Å². The number of aliphatic hydroxyl groups is 1. The average Bonchev–Trinajstić information content (AvgIpc) is 2.78. The van der Waals surface area contributed by atoms with Gasteiger partial charge in [0, 0.05) is 30.6 Å². The largest absolute Gasteiger partial charge is 0.494 e. The minimum Gasteiger partial charge on any atom is -0.494 e. The molecular formula is C15H22N2O4. The molecule has 1 amide bonds. The third kappa shape index (κ3) is 3.86. The predicted octanol–water partition coefficient (Wildman–Crippen LogP) is 0.344. The van der Waals surface area contributed by atoms with Crippen LogP contribution >= 0.6 is 0 Å². The van der Waals surface area contributed by atoms with Gasteiger partial charge in [-0.3, -0.25) is 4.79 Å². The van der Waals surface area contributed by atoms with Crippen LogP contribution in [-0.2, 0) is 17.8 Å². The number of hydrogen-bond donors (Lipinski definition) is 3. The molecule has 2 unspecified atom stereocenters. The van der Waals surface area contributed by atoms with Gasteiger partial charge >= 0.3 is 0 Å². The summed E-state index contributed by atoms with van der Waals surface area (Å²) in [7, 11) is 0. The summed E-state index contributed by atoms with van der Waals surface area (Å²) in [4.78, 5) is 10.8. The van der Waals surface area contributed by atoms with Crippen molar-refractivity contribution in [3.63, 3.8) is 0 Å². The van der Waals surface area contributed by atoms with E-state index in [-0.39, 0.29) is 12.6 Å². The molecule has 1 aromatic carbocycles. The number of nitrogens with two attached hydrogens (primary N) is 1. The Kier molecular flexibility index (Phi) is 5.03. The van der Waals surface area contributed by atoms with Crippen LogP contribution in [0.1, 0.15) is 25.0 Å². The summed E-state index contributed by atoms with van der Waals surface area (Å²) in [6.07, 6.45) is -0.135.